The molecular weight excluding hydrogens is 264 g/mol. The van der Waals surface area contributed by atoms with Crippen LogP contribution in [0.5, 0.6) is 0 Å². The highest BCUT2D eigenvalue weighted by Crippen LogP contribution is 2.38. The van der Waals surface area contributed by atoms with Gasteiger partial charge in [-0.25, -0.2) is 0 Å². The molecule has 0 N–H and O–H groups in total. The molecule has 0 saturated heterocycles. The highest BCUT2D eigenvalue weighted by atomic mass is 35.5. The molecule has 1 aromatic carbocycles. The number of nitro groups is 1. The van der Waals surface area contributed by atoms with Gasteiger partial charge in [0.1, 0.15) is 0 Å². The summed E-state index contributed by atoms with van der Waals surface area (Å²) in [6.45, 7) is 0. The van der Waals surface area contributed by atoms with Crippen molar-refractivity contribution in [1.29, 1.82) is 0 Å². The molecule has 0 aliphatic heterocycles. The Hall–Kier alpha value is -1.68. The van der Waals surface area contributed by atoms with Gasteiger partial charge in [-0.2, -0.15) is 0 Å². The van der Waals surface area contributed by atoms with Gasteiger partial charge >= 0.3 is 0 Å². The number of benzene rings is 1. The number of aromatic nitrogens is 1. The van der Waals surface area contributed by atoms with Crippen molar-refractivity contribution in [3.63, 3.8) is 0 Å². The van der Waals surface area contributed by atoms with E-state index in [1.54, 1.807) is 18.5 Å². The second-order valence-corrected chi connectivity index (χ2v) is 5.54. The third-order valence-corrected chi connectivity index (χ3v) is 4.14. The largest absolute Gasteiger partial charge is 0.278 e. The van der Waals surface area contributed by atoms with Gasteiger partial charge < -0.3 is 0 Å². The molecule has 1 aliphatic rings. The summed E-state index contributed by atoms with van der Waals surface area (Å²) in [6, 6.07) is 5.20. The van der Waals surface area contributed by atoms with Gasteiger partial charge in [0.25, 0.3) is 5.69 Å². The van der Waals surface area contributed by atoms with Gasteiger partial charge in [0.05, 0.1) is 10.3 Å². The van der Waals surface area contributed by atoms with Crippen molar-refractivity contribution in [1.82, 2.24) is 4.98 Å². The zero-order valence-corrected chi connectivity index (χ0v) is 11.0. The normalized spacial score (nSPS) is 16.5. The fourth-order valence-electron chi connectivity index (χ4n) is 2.41. The highest BCUT2D eigenvalue weighted by Gasteiger charge is 2.30. The van der Waals surface area contributed by atoms with E-state index in [1.165, 1.54) is 12.8 Å². The van der Waals surface area contributed by atoms with Crippen molar-refractivity contribution in [2.75, 3.05) is 0 Å². The minimum Gasteiger partial charge on any atom is -0.264 e. The lowest BCUT2D eigenvalue weighted by Crippen LogP contribution is -2.06. The lowest BCUT2D eigenvalue weighted by atomic mass is 9.99. The first-order valence-corrected chi connectivity index (χ1v) is 6.74. The number of nitrogens with zero attached hydrogens (tertiary/aromatic N) is 2. The first kappa shape index (κ1) is 12.4. The maximum Gasteiger partial charge on any atom is 0.278 e. The molecule has 5 heteroatoms. The molecule has 0 radical (unpaired) electrons. The lowest BCUT2D eigenvalue weighted by molar-refractivity contribution is -0.383. The monoisotopic (exact) mass is 276 g/mol. The Kier molecular flexibility index (Phi) is 3.11. The number of pyridine rings is 1. The van der Waals surface area contributed by atoms with Crippen LogP contribution in [0.2, 0.25) is 0 Å². The predicted molar refractivity (Wildman–Crippen MR) is 74.5 cm³/mol. The molecule has 4 nitrogen and oxygen atoms in total. The van der Waals surface area contributed by atoms with Crippen LogP contribution in [0.3, 0.4) is 0 Å². The average Bonchev–Trinajstić information content (AvgIpc) is 3.23. The molecule has 1 saturated carbocycles. The number of rotatable bonds is 4. The van der Waals surface area contributed by atoms with Crippen molar-refractivity contribution in [2.24, 2.45) is 5.92 Å². The van der Waals surface area contributed by atoms with Crippen molar-refractivity contribution in [3.05, 3.63) is 46.3 Å². The molecule has 1 atom stereocenters. The van der Waals surface area contributed by atoms with Crippen LogP contribution in [-0.4, -0.2) is 15.3 Å². The molecule has 1 unspecified atom stereocenters. The molecule has 98 valence electrons. The van der Waals surface area contributed by atoms with E-state index in [0.29, 0.717) is 11.3 Å². The highest BCUT2D eigenvalue weighted by molar-refractivity contribution is 6.21. The van der Waals surface area contributed by atoms with Crippen LogP contribution in [0.25, 0.3) is 10.8 Å². The summed E-state index contributed by atoms with van der Waals surface area (Å²) in [6.07, 6.45) is 6.36. The number of nitro benzene ring substituents is 1. The van der Waals surface area contributed by atoms with Crippen LogP contribution in [0, 0.1) is 16.0 Å². The minimum absolute atomic E-state index is 0.101. The molecule has 1 heterocycles. The van der Waals surface area contributed by atoms with E-state index in [1.807, 2.05) is 12.1 Å². The Bertz CT molecular complexity index is 640. The molecule has 0 spiro atoms. The summed E-state index contributed by atoms with van der Waals surface area (Å²) in [5.41, 5.74) is 1.17. The standard InChI is InChI=1S/C14H13ClN2O2/c15-13(9-1-2-9)7-10-3-4-14(17(18)19)12-8-16-6-5-11(10)12/h3-6,8-9,13H,1-2,7H2. The molecule has 0 bridgehead atoms. The van der Waals surface area contributed by atoms with E-state index in [4.69, 9.17) is 11.6 Å². The van der Waals surface area contributed by atoms with Crippen LogP contribution >= 0.6 is 11.6 Å². The summed E-state index contributed by atoms with van der Waals surface area (Å²) in [5, 5.41) is 12.6. The molecule has 3 rings (SSSR count). The molecule has 1 fully saturated rings. The van der Waals surface area contributed by atoms with Crippen molar-refractivity contribution < 1.29 is 4.92 Å². The molecule has 1 aliphatic carbocycles. The molecule has 0 amide bonds. The third kappa shape index (κ3) is 2.40. The summed E-state index contributed by atoms with van der Waals surface area (Å²) < 4.78 is 0. The first-order chi connectivity index (χ1) is 9.16. The Morgan fingerprint density at radius 3 is 2.84 bits per heavy atom. The van der Waals surface area contributed by atoms with Crippen LogP contribution in [0.15, 0.2) is 30.6 Å². The Morgan fingerprint density at radius 1 is 1.37 bits per heavy atom. The van der Waals surface area contributed by atoms with E-state index in [9.17, 15) is 10.1 Å². The topological polar surface area (TPSA) is 56.0 Å². The first-order valence-electron chi connectivity index (χ1n) is 6.31. The van der Waals surface area contributed by atoms with Gasteiger partial charge in [0.2, 0.25) is 0 Å². The molecule has 19 heavy (non-hydrogen) atoms. The Balaban J connectivity index is 2.05. The van der Waals surface area contributed by atoms with Gasteiger partial charge in [-0.1, -0.05) is 6.07 Å². The van der Waals surface area contributed by atoms with Gasteiger partial charge in [-0.3, -0.25) is 15.1 Å². The smallest absolute Gasteiger partial charge is 0.264 e. The van der Waals surface area contributed by atoms with Gasteiger partial charge in [-0.05, 0) is 42.2 Å². The zero-order chi connectivity index (χ0) is 13.4. The number of hydrogen-bond donors (Lipinski definition) is 0. The molecule has 2 aromatic rings. The van der Waals surface area contributed by atoms with Crippen LogP contribution in [-0.2, 0) is 6.42 Å². The maximum atomic E-state index is 11.0. The van der Waals surface area contributed by atoms with Crippen molar-refractivity contribution in [3.8, 4) is 0 Å². The Morgan fingerprint density at radius 2 is 2.16 bits per heavy atom. The quantitative estimate of drug-likeness (QED) is 0.486. The van der Waals surface area contributed by atoms with E-state index in [-0.39, 0.29) is 16.0 Å². The van der Waals surface area contributed by atoms with Gasteiger partial charge in [0, 0.05) is 23.8 Å². The lowest BCUT2D eigenvalue weighted by Gasteiger charge is -2.10. The average molecular weight is 277 g/mol. The van der Waals surface area contributed by atoms with E-state index in [2.05, 4.69) is 4.98 Å². The summed E-state index contributed by atoms with van der Waals surface area (Å²) >= 11 is 6.37. The van der Waals surface area contributed by atoms with Crippen LogP contribution in [0.1, 0.15) is 18.4 Å². The van der Waals surface area contributed by atoms with E-state index in [0.717, 1.165) is 17.4 Å². The molecular formula is C14H13ClN2O2. The number of alkyl halides is 1. The van der Waals surface area contributed by atoms with E-state index < -0.39 is 0 Å². The van der Waals surface area contributed by atoms with Crippen molar-refractivity contribution in [2.45, 2.75) is 24.6 Å². The van der Waals surface area contributed by atoms with Crippen molar-refractivity contribution >= 4 is 28.1 Å². The van der Waals surface area contributed by atoms with Crippen LogP contribution < -0.4 is 0 Å². The van der Waals surface area contributed by atoms with E-state index >= 15 is 0 Å². The van der Waals surface area contributed by atoms with Crippen LogP contribution in [0.4, 0.5) is 5.69 Å². The second-order valence-electron chi connectivity index (χ2n) is 4.98. The van der Waals surface area contributed by atoms with Gasteiger partial charge in [-0.15, -0.1) is 11.6 Å². The summed E-state index contributed by atoms with van der Waals surface area (Å²) in [7, 11) is 0. The summed E-state index contributed by atoms with van der Waals surface area (Å²) in [5.74, 6) is 0.605. The second kappa shape index (κ2) is 4.78. The molecule has 1 aromatic heterocycles. The minimum atomic E-state index is -0.368. The summed E-state index contributed by atoms with van der Waals surface area (Å²) in [4.78, 5) is 14.6. The number of non-ortho nitro benzene ring substituents is 1. The zero-order valence-electron chi connectivity index (χ0n) is 10.3. The fraction of sp³-hybridized carbons (Fsp3) is 0.357. The third-order valence-electron chi connectivity index (χ3n) is 3.63. The predicted octanol–water partition coefficient (Wildman–Crippen LogP) is 3.70. The number of halogens is 1. The number of hydrogen-bond acceptors (Lipinski definition) is 3. The fourth-order valence-corrected chi connectivity index (χ4v) is 2.83. The van der Waals surface area contributed by atoms with Gasteiger partial charge in [0.15, 0.2) is 0 Å². The SMILES string of the molecule is O=[N+]([O-])c1ccc(CC(Cl)C2CC2)c2ccncc12. The maximum absolute atomic E-state index is 11.0. The Labute approximate surface area is 115 Å². The number of fused-ring (bicyclic) bond motifs is 1.